The number of nitrogens with zero attached hydrogens (tertiary/aromatic N) is 4. The van der Waals surface area contributed by atoms with Gasteiger partial charge in [-0.25, -0.2) is 14.8 Å². The molecule has 1 saturated carbocycles. The number of hydrogen-bond donors (Lipinski definition) is 3. The van der Waals surface area contributed by atoms with E-state index in [1.54, 1.807) is 6.20 Å². The van der Waals surface area contributed by atoms with Crippen LogP contribution in [-0.2, 0) is 9.47 Å². The van der Waals surface area contributed by atoms with Crippen molar-refractivity contribution in [1.82, 2.24) is 24.8 Å². The van der Waals surface area contributed by atoms with Crippen LogP contribution < -0.4 is 16.0 Å². The largest absolute Gasteiger partial charge is 0.444 e. The number of amides is 1. The lowest BCUT2D eigenvalue weighted by molar-refractivity contribution is 0.0458. The molecule has 198 valence electrons. The number of carbonyl (C=O) groups is 1. The Hall–Kier alpha value is -3.11. The first-order valence-corrected chi connectivity index (χ1v) is 13.1. The van der Waals surface area contributed by atoms with Crippen molar-refractivity contribution in [3.8, 4) is 0 Å². The van der Waals surface area contributed by atoms with Crippen molar-refractivity contribution in [1.29, 1.82) is 0 Å². The minimum atomic E-state index is -0.538. The van der Waals surface area contributed by atoms with Gasteiger partial charge in [-0.1, -0.05) is 17.7 Å². The summed E-state index contributed by atoms with van der Waals surface area (Å²) in [6.07, 6.45) is 4.59. The molecule has 2 fully saturated rings. The highest BCUT2D eigenvalue weighted by molar-refractivity contribution is 6.30. The summed E-state index contributed by atoms with van der Waals surface area (Å²) >= 11 is 6.21. The summed E-state index contributed by atoms with van der Waals surface area (Å²) in [5, 5.41) is 10.5. The number of anilines is 3. The highest BCUT2D eigenvalue weighted by atomic mass is 35.5. The second-order valence-corrected chi connectivity index (χ2v) is 11.5. The van der Waals surface area contributed by atoms with Crippen LogP contribution in [0, 0.1) is 0 Å². The zero-order valence-corrected chi connectivity index (χ0v) is 22.4. The van der Waals surface area contributed by atoms with Crippen LogP contribution >= 0.6 is 11.6 Å². The van der Waals surface area contributed by atoms with Crippen LogP contribution in [0.4, 0.5) is 22.4 Å². The minimum Gasteiger partial charge on any atom is -0.444 e. The van der Waals surface area contributed by atoms with Gasteiger partial charge in [0, 0.05) is 41.5 Å². The number of carbonyl (C=O) groups excluding carboxylic acids is 1. The Morgan fingerprint density at radius 2 is 1.97 bits per heavy atom. The maximum Gasteiger partial charge on any atom is 0.407 e. The van der Waals surface area contributed by atoms with Crippen LogP contribution in [0.25, 0.3) is 11.2 Å². The fourth-order valence-electron chi connectivity index (χ4n) is 4.69. The number of benzene rings is 1. The van der Waals surface area contributed by atoms with Crippen LogP contribution in [0.15, 0.2) is 30.5 Å². The van der Waals surface area contributed by atoms with E-state index in [2.05, 4.69) is 32.4 Å². The van der Waals surface area contributed by atoms with Gasteiger partial charge in [0.15, 0.2) is 5.65 Å². The predicted octanol–water partition coefficient (Wildman–Crippen LogP) is 5.43. The highest BCUT2D eigenvalue weighted by Crippen LogP contribution is 2.38. The highest BCUT2D eigenvalue weighted by Gasteiger charge is 2.36. The number of rotatable bonds is 6. The van der Waals surface area contributed by atoms with E-state index in [1.165, 1.54) is 0 Å². The van der Waals surface area contributed by atoms with Crippen LogP contribution in [-0.4, -0.2) is 56.0 Å². The Bertz CT molecular complexity index is 1280. The lowest BCUT2D eigenvalue weighted by atomic mass is 9.86. The summed E-state index contributed by atoms with van der Waals surface area (Å²) in [4.78, 5) is 26.5. The van der Waals surface area contributed by atoms with E-state index in [-0.39, 0.29) is 17.6 Å². The van der Waals surface area contributed by atoms with Crippen LogP contribution in [0.1, 0.15) is 59.4 Å². The van der Waals surface area contributed by atoms with E-state index < -0.39 is 11.7 Å². The topological polar surface area (TPSA) is 115 Å². The van der Waals surface area contributed by atoms with Crippen LogP contribution in [0.3, 0.4) is 0 Å². The number of ether oxygens (including phenoxy) is 2. The molecule has 1 aliphatic carbocycles. The van der Waals surface area contributed by atoms with Crippen molar-refractivity contribution < 1.29 is 14.3 Å². The third-order valence-corrected chi connectivity index (χ3v) is 6.96. The third-order valence-electron chi connectivity index (χ3n) is 6.72. The molecule has 0 radical (unpaired) electrons. The summed E-state index contributed by atoms with van der Waals surface area (Å²) in [5.41, 5.74) is 1.59. The van der Waals surface area contributed by atoms with Gasteiger partial charge in [-0.05, 0) is 71.6 Å². The molecule has 1 amide bonds. The number of imidazole rings is 1. The number of halogens is 1. The molecular formula is C26H34ClN7O3. The molecule has 0 unspecified atom stereocenters. The average Bonchev–Trinajstić information content (AvgIpc) is 3.11. The Balaban J connectivity index is 1.41. The second-order valence-electron chi connectivity index (χ2n) is 11.1. The second kappa shape index (κ2) is 9.98. The van der Waals surface area contributed by atoms with Crippen molar-refractivity contribution in [2.75, 3.05) is 23.8 Å². The smallest absolute Gasteiger partial charge is 0.407 e. The molecule has 3 aromatic rings. The van der Waals surface area contributed by atoms with E-state index in [0.29, 0.717) is 35.6 Å². The van der Waals surface area contributed by atoms with Gasteiger partial charge in [0.1, 0.15) is 11.1 Å². The summed E-state index contributed by atoms with van der Waals surface area (Å²) < 4.78 is 13.0. The van der Waals surface area contributed by atoms with E-state index >= 15 is 0 Å². The predicted molar refractivity (Wildman–Crippen MR) is 144 cm³/mol. The first kappa shape index (κ1) is 25.5. The molecule has 3 N–H and O–H groups in total. The molecule has 0 bridgehead atoms. The van der Waals surface area contributed by atoms with Gasteiger partial charge in [-0.3, -0.25) is 4.57 Å². The number of fused-ring (bicyclic) bond motifs is 1. The third kappa shape index (κ3) is 6.07. The van der Waals surface area contributed by atoms with Crippen molar-refractivity contribution in [3.63, 3.8) is 0 Å². The van der Waals surface area contributed by atoms with E-state index in [0.717, 1.165) is 37.0 Å². The maximum atomic E-state index is 12.3. The van der Waals surface area contributed by atoms with Crippen LogP contribution in [0.2, 0.25) is 5.02 Å². The Morgan fingerprint density at radius 3 is 2.68 bits per heavy atom. The molecule has 37 heavy (non-hydrogen) atoms. The lowest BCUT2D eigenvalue weighted by Crippen LogP contribution is -2.46. The molecule has 5 rings (SSSR count). The first-order chi connectivity index (χ1) is 17.6. The summed E-state index contributed by atoms with van der Waals surface area (Å²) in [5.74, 6) is 1.22. The SMILES string of the molecule is CC1(Nc2ncc3nc(Nc4cccc(Cl)c4)n(C4CC(NC(=O)OC(C)(C)C)C4)c3n2)CCOCC1. The molecule has 1 saturated heterocycles. The number of aromatic nitrogens is 4. The van der Waals surface area contributed by atoms with E-state index in [4.69, 9.17) is 31.0 Å². The molecule has 1 aromatic carbocycles. The summed E-state index contributed by atoms with van der Waals surface area (Å²) in [6, 6.07) is 7.61. The number of alkyl carbamates (subject to hydrolysis) is 1. The maximum absolute atomic E-state index is 12.3. The molecule has 2 aromatic heterocycles. The van der Waals surface area contributed by atoms with Crippen LogP contribution in [0.5, 0.6) is 0 Å². The van der Waals surface area contributed by atoms with E-state index in [1.807, 2.05) is 45.0 Å². The fourth-order valence-corrected chi connectivity index (χ4v) is 4.88. The van der Waals surface area contributed by atoms with Gasteiger partial charge in [-0.15, -0.1) is 0 Å². The lowest BCUT2D eigenvalue weighted by Gasteiger charge is -2.37. The van der Waals surface area contributed by atoms with Gasteiger partial charge in [0.2, 0.25) is 11.9 Å². The van der Waals surface area contributed by atoms with Crippen molar-refractivity contribution in [2.24, 2.45) is 0 Å². The van der Waals surface area contributed by atoms with Crippen molar-refractivity contribution in [2.45, 2.75) is 76.6 Å². The molecular weight excluding hydrogens is 494 g/mol. The number of nitrogens with one attached hydrogen (secondary N) is 3. The zero-order chi connectivity index (χ0) is 26.2. The van der Waals surface area contributed by atoms with Crippen molar-refractivity contribution >= 4 is 46.4 Å². The monoisotopic (exact) mass is 527 g/mol. The Morgan fingerprint density at radius 1 is 1.22 bits per heavy atom. The molecule has 3 heterocycles. The normalized spacial score (nSPS) is 21.2. The standard InChI is InChI=1S/C26H34ClN7O3/c1-25(2,3)37-24(35)30-18-13-19(14-18)34-21-20(31-23(34)29-17-7-5-6-16(27)12-17)15-28-22(32-21)33-26(4)8-10-36-11-9-26/h5-7,12,15,18-19H,8-11,13-14H2,1-4H3,(H,29,31)(H,30,35)(H,28,32,33). The number of hydrogen-bond acceptors (Lipinski definition) is 8. The zero-order valence-electron chi connectivity index (χ0n) is 21.7. The van der Waals surface area contributed by atoms with Gasteiger partial charge in [0.25, 0.3) is 0 Å². The average molecular weight is 528 g/mol. The molecule has 2 aliphatic rings. The minimum absolute atomic E-state index is 0.0110. The van der Waals surface area contributed by atoms with Gasteiger partial charge in [0.05, 0.1) is 6.20 Å². The summed E-state index contributed by atoms with van der Waals surface area (Å²) in [7, 11) is 0. The van der Waals surface area contributed by atoms with Gasteiger partial charge in [-0.2, -0.15) is 4.98 Å². The molecule has 11 heteroatoms. The fraction of sp³-hybridized carbons (Fsp3) is 0.538. The molecule has 0 atom stereocenters. The molecule has 10 nitrogen and oxygen atoms in total. The van der Waals surface area contributed by atoms with Gasteiger partial charge < -0.3 is 25.4 Å². The molecule has 0 spiro atoms. The van der Waals surface area contributed by atoms with Gasteiger partial charge >= 0.3 is 6.09 Å². The summed E-state index contributed by atoms with van der Waals surface area (Å²) in [6.45, 7) is 9.16. The molecule has 1 aliphatic heterocycles. The quantitative estimate of drug-likeness (QED) is 0.388. The van der Waals surface area contributed by atoms with E-state index in [9.17, 15) is 4.79 Å². The Kier molecular flexibility index (Phi) is 6.89. The van der Waals surface area contributed by atoms with Crippen molar-refractivity contribution in [3.05, 3.63) is 35.5 Å². The Labute approximate surface area is 221 Å². The first-order valence-electron chi connectivity index (χ1n) is 12.7.